The van der Waals surface area contributed by atoms with Crippen molar-refractivity contribution in [3.63, 3.8) is 0 Å². The first-order chi connectivity index (χ1) is 5.79. The van der Waals surface area contributed by atoms with Crippen molar-refractivity contribution >= 4 is 0 Å². The Hall–Kier alpha value is -0.640. The molecule has 0 aromatic carbocycles. The van der Waals surface area contributed by atoms with Gasteiger partial charge in [0.05, 0.1) is 19.3 Å². The van der Waals surface area contributed by atoms with Crippen molar-refractivity contribution in [1.29, 1.82) is 0 Å². The highest BCUT2D eigenvalue weighted by Gasteiger charge is 2.13. The fraction of sp³-hybridized carbons (Fsp3) is 0.556. The van der Waals surface area contributed by atoms with Crippen LogP contribution in [0.25, 0.3) is 0 Å². The predicted molar refractivity (Wildman–Crippen MR) is 49.9 cm³/mol. The fourth-order valence-electron chi connectivity index (χ4n) is 0.993. The molecule has 3 nitrogen and oxygen atoms in total. The van der Waals surface area contributed by atoms with Gasteiger partial charge in [0, 0.05) is 13.1 Å². The third kappa shape index (κ3) is 3.67. The van der Waals surface area contributed by atoms with Crippen molar-refractivity contribution < 1.29 is 10.2 Å². The van der Waals surface area contributed by atoms with Crippen LogP contribution in [0, 0.1) is 0 Å². The smallest absolute Gasteiger partial charge is 0.0609 e. The molecule has 0 aromatic rings. The standard InChI is InChI=1S/C9H17NO2/c1-3-5-10(6-4-2)9(7-11)8-12/h3-4,9,11-12H,1-2,5-8H2. The summed E-state index contributed by atoms with van der Waals surface area (Å²) in [7, 11) is 0. The summed E-state index contributed by atoms with van der Waals surface area (Å²) in [5, 5.41) is 17.8. The molecular weight excluding hydrogens is 154 g/mol. The summed E-state index contributed by atoms with van der Waals surface area (Å²) in [6.07, 6.45) is 3.48. The lowest BCUT2D eigenvalue weighted by Crippen LogP contribution is -2.40. The van der Waals surface area contributed by atoms with Crippen LogP contribution in [-0.2, 0) is 0 Å². The van der Waals surface area contributed by atoms with Gasteiger partial charge in [-0.3, -0.25) is 4.90 Å². The molecule has 0 radical (unpaired) electrons. The molecule has 0 fully saturated rings. The van der Waals surface area contributed by atoms with Gasteiger partial charge < -0.3 is 10.2 Å². The molecule has 0 rings (SSSR count). The number of nitrogens with zero attached hydrogens (tertiary/aromatic N) is 1. The number of hydrogen-bond donors (Lipinski definition) is 2. The van der Waals surface area contributed by atoms with Crippen LogP contribution in [0.3, 0.4) is 0 Å². The van der Waals surface area contributed by atoms with Crippen LogP contribution < -0.4 is 0 Å². The van der Waals surface area contributed by atoms with Crippen LogP contribution in [0.1, 0.15) is 0 Å². The molecule has 3 heteroatoms. The van der Waals surface area contributed by atoms with Gasteiger partial charge in [0.2, 0.25) is 0 Å². The van der Waals surface area contributed by atoms with E-state index in [2.05, 4.69) is 13.2 Å². The molecule has 0 spiro atoms. The van der Waals surface area contributed by atoms with E-state index in [1.54, 1.807) is 12.2 Å². The molecule has 0 atom stereocenters. The highest BCUT2D eigenvalue weighted by atomic mass is 16.3. The molecule has 0 bridgehead atoms. The van der Waals surface area contributed by atoms with Gasteiger partial charge in [0.25, 0.3) is 0 Å². The van der Waals surface area contributed by atoms with E-state index in [9.17, 15) is 0 Å². The quantitative estimate of drug-likeness (QED) is 0.530. The predicted octanol–water partition coefficient (Wildman–Crippen LogP) is 0.0136. The van der Waals surface area contributed by atoms with Gasteiger partial charge >= 0.3 is 0 Å². The third-order valence-electron chi connectivity index (χ3n) is 1.67. The summed E-state index contributed by atoms with van der Waals surface area (Å²) >= 11 is 0. The van der Waals surface area contributed by atoms with E-state index in [-0.39, 0.29) is 19.3 Å². The maximum atomic E-state index is 8.88. The Kier molecular flexibility index (Phi) is 6.66. The zero-order valence-electron chi connectivity index (χ0n) is 7.32. The van der Waals surface area contributed by atoms with E-state index in [0.29, 0.717) is 13.1 Å². The fourth-order valence-corrected chi connectivity index (χ4v) is 0.993. The van der Waals surface area contributed by atoms with Crippen LogP contribution >= 0.6 is 0 Å². The first kappa shape index (κ1) is 11.4. The van der Waals surface area contributed by atoms with Gasteiger partial charge in [-0.05, 0) is 0 Å². The van der Waals surface area contributed by atoms with Crippen molar-refractivity contribution in [3.8, 4) is 0 Å². The molecular formula is C9H17NO2. The molecule has 0 saturated carbocycles. The van der Waals surface area contributed by atoms with Crippen LogP contribution in [-0.4, -0.2) is 47.5 Å². The highest BCUT2D eigenvalue weighted by Crippen LogP contribution is 1.98. The normalized spacial score (nSPS) is 10.7. The lowest BCUT2D eigenvalue weighted by molar-refractivity contribution is 0.0898. The van der Waals surface area contributed by atoms with Crippen LogP contribution in [0.5, 0.6) is 0 Å². The Morgan fingerprint density at radius 3 is 1.75 bits per heavy atom. The van der Waals surface area contributed by atoms with Gasteiger partial charge in [-0.1, -0.05) is 12.2 Å². The molecule has 0 aliphatic carbocycles. The lowest BCUT2D eigenvalue weighted by atomic mass is 10.2. The average molecular weight is 171 g/mol. The second kappa shape index (κ2) is 7.03. The zero-order valence-corrected chi connectivity index (χ0v) is 7.32. The van der Waals surface area contributed by atoms with E-state index in [0.717, 1.165) is 0 Å². The topological polar surface area (TPSA) is 43.7 Å². The van der Waals surface area contributed by atoms with Gasteiger partial charge in [-0.15, -0.1) is 13.2 Å². The van der Waals surface area contributed by atoms with Gasteiger partial charge in [-0.25, -0.2) is 0 Å². The second-order valence-electron chi connectivity index (χ2n) is 2.55. The highest BCUT2D eigenvalue weighted by molar-refractivity contribution is 4.83. The molecule has 0 amide bonds. The monoisotopic (exact) mass is 171 g/mol. The number of aliphatic hydroxyl groups excluding tert-OH is 2. The minimum Gasteiger partial charge on any atom is -0.395 e. The number of aliphatic hydroxyl groups is 2. The summed E-state index contributed by atoms with van der Waals surface area (Å²) < 4.78 is 0. The Labute approximate surface area is 73.6 Å². The first-order valence-corrected chi connectivity index (χ1v) is 3.97. The minimum absolute atomic E-state index is 0.0435. The van der Waals surface area contributed by atoms with Crippen LogP contribution in [0.2, 0.25) is 0 Å². The molecule has 0 saturated heterocycles. The molecule has 0 aromatic heterocycles. The third-order valence-corrected chi connectivity index (χ3v) is 1.67. The van der Waals surface area contributed by atoms with Crippen LogP contribution in [0.4, 0.5) is 0 Å². The Morgan fingerprint density at radius 2 is 1.50 bits per heavy atom. The van der Waals surface area contributed by atoms with Crippen molar-refractivity contribution in [1.82, 2.24) is 4.90 Å². The number of hydrogen-bond acceptors (Lipinski definition) is 3. The van der Waals surface area contributed by atoms with Crippen molar-refractivity contribution in [2.24, 2.45) is 0 Å². The SMILES string of the molecule is C=CCN(CC=C)C(CO)CO. The molecule has 0 aliphatic heterocycles. The van der Waals surface area contributed by atoms with E-state index in [1.807, 2.05) is 4.90 Å². The lowest BCUT2D eigenvalue weighted by Gasteiger charge is -2.26. The van der Waals surface area contributed by atoms with E-state index in [4.69, 9.17) is 10.2 Å². The van der Waals surface area contributed by atoms with Crippen LogP contribution in [0.15, 0.2) is 25.3 Å². The first-order valence-electron chi connectivity index (χ1n) is 3.97. The largest absolute Gasteiger partial charge is 0.395 e. The Morgan fingerprint density at radius 1 is 1.08 bits per heavy atom. The summed E-state index contributed by atoms with van der Waals surface area (Å²) in [5.41, 5.74) is 0. The molecule has 2 N–H and O–H groups in total. The molecule has 12 heavy (non-hydrogen) atoms. The van der Waals surface area contributed by atoms with Gasteiger partial charge in [-0.2, -0.15) is 0 Å². The maximum absolute atomic E-state index is 8.88. The van der Waals surface area contributed by atoms with E-state index >= 15 is 0 Å². The summed E-state index contributed by atoms with van der Waals surface area (Å²) in [6, 6.07) is -0.207. The Balaban J connectivity index is 4.02. The molecule has 70 valence electrons. The van der Waals surface area contributed by atoms with Crippen molar-refractivity contribution in [2.45, 2.75) is 6.04 Å². The maximum Gasteiger partial charge on any atom is 0.0609 e. The van der Waals surface area contributed by atoms with Crippen molar-refractivity contribution in [3.05, 3.63) is 25.3 Å². The zero-order chi connectivity index (χ0) is 9.40. The Bertz CT molecular complexity index is 122. The number of rotatable bonds is 7. The molecule has 0 unspecified atom stereocenters. The summed E-state index contributed by atoms with van der Waals surface area (Å²) in [4.78, 5) is 1.90. The minimum atomic E-state index is -0.207. The summed E-state index contributed by atoms with van der Waals surface area (Å²) in [5.74, 6) is 0. The summed E-state index contributed by atoms with van der Waals surface area (Å²) in [6.45, 7) is 8.40. The van der Waals surface area contributed by atoms with E-state index in [1.165, 1.54) is 0 Å². The van der Waals surface area contributed by atoms with E-state index < -0.39 is 0 Å². The molecule has 0 heterocycles. The van der Waals surface area contributed by atoms with Crippen molar-refractivity contribution in [2.75, 3.05) is 26.3 Å². The van der Waals surface area contributed by atoms with Gasteiger partial charge in [0.15, 0.2) is 0 Å². The molecule has 0 aliphatic rings. The second-order valence-corrected chi connectivity index (χ2v) is 2.55. The average Bonchev–Trinajstić information content (AvgIpc) is 2.07. The van der Waals surface area contributed by atoms with Gasteiger partial charge in [0.1, 0.15) is 0 Å².